The minimum absolute atomic E-state index is 0.0797. The van der Waals surface area contributed by atoms with Crippen LogP contribution in [-0.2, 0) is 40.3 Å². The Balaban J connectivity index is 1.52. The summed E-state index contributed by atoms with van der Waals surface area (Å²) in [6, 6.07) is 22.3. The number of carbonyl (C=O) groups is 3. The average Bonchev–Trinajstić information content (AvgIpc) is 2.87. The van der Waals surface area contributed by atoms with E-state index in [0.29, 0.717) is 0 Å². The predicted molar refractivity (Wildman–Crippen MR) is 139 cm³/mol. The van der Waals surface area contributed by atoms with E-state index in [1.54, 1.807) is 0 Å². The predicted octanol–water partition coefficient (Wildman–Crippen LogP) is 4.17. The first kappa shape index (κ1) is 24.7. The summed E-state index contributed by atoms with van der Waals surface area (Å²) in [5.41, 5.74) is 3.54. The topological polar surface area (TPSA) is 95.9 Å². The highest BCUT2D eigenvalue weighted by Gasteiger charge is 2.37. The second-order valence-corrected chi connectivity index (χ2v) is 9.51. The van der Waals surface area contributed by atoms with Gasteiger partial charge in [0.25, 0.3) is 0 Å². The summed E-state index contributed by atoms with van der Waals surface area (Å²) in [7, 11) is 0. The quantitative estimate of drug-likeness (QED) is 0.407. The summed E-state index contributed by atoms with van der Waals surface area (Å²) < 4.78 is 6.44. The highest BCUT2D eigenvalue weighted by Crippen LogP contribution is 2.25. The molecule has 0 aromatic heterocycles. The number of carbonyl (C=O) groups excluding carboxylic acids is 2. The summed E-state index contributed by atoms with van der Waals surface area (Å²) in [5, 5.41) is 12.5. The Labute approximate surface area is 217 Å². The van der Waals surface area contributed by atoms with Gasteiger partial charge in [0.15, 0.2) is 0 Å². The maximum Gasteiger partial charge on any atom is 0.411 e. The van der Waals surface area contributed by atoms with Crippen molar-refractivity contribution >= 4 is 40.6 Å². The molecule has 0 fully saturated rings. The van der Waals surface area contributed by atoms with E-state index in [2.05, 4.69) is 27.9 Å². The summed E-state index contributed by atoms with van der Waals surface area (Å²) in [4.78, 5) is 39.8. The van der Waals surface area contributed by atoms with Crippen LogP contribution in [0.5, 0.6) is 0 Å². The monoisotopic (exact) mass is 584 g/mol. The maximum absolute atomic E-state index is 13.4. The first-order valence-corrected chi connectivity index (χ1v) is 12.3. The van der Waals surface area contributed by atoms with E-state index in [1.807, 2.05) is 78.9 Å². The summed E-state index contributed by atoms with van der Waals surface area (Å²) in [6.07, 6.45) is -0.201. The number of carboxylic acids is 1. The van der Waals surface area contributed by atoms with Crippen molar-refractivity contribution in [3.8, 4) is 0 Å². The third-order valence-electron chi connectivity index (χ3n) is 5.99. The zero-order chi connectivity index (χ0) is 24.8. The summed E-state index contributed by atoms with van der Waals surface area (Å²) >= 11 is 2.15. The molecule has 4 rings (SSSR count). The average molecular weight is 584 g/mol. The molecule has 35 heavy (non-hydrogen) atoms. The molecule has 0 saturated carbocycles. The smallest absolute Gasteiger partial charge is 0.411 e. The van der Waals surface area contributed by atoms with Gasteiger partial charge in [0.05, 0.1) is 6.54 Å². The fourth-order valence-corrected chi connectivity index (χ4v) is 4.71. The molecular formula is C27H25IN2O5. The van der Waals surface area contributed by atoms with Crippen LogP contribution in [0, 0.1) is 3.57 Å². The molecule has 8 heteroatoms. The SMILES string of the molecule is O=C(O)[C@H](Cc1ccccc1I)NC(=O)[C@@H]1Cc2ccccc2CN1C(=O)OCc1ccccc1. The molecule has 1 heterocycles. The van der Waals surface area contributed by atoms with E-state index in [1.165, 1.54) is 4.90 Å². The van der Waals surface area contributed by atoms with Crippen molar-refractivity contribution in [2.75, 3.05) is 0 Å². The van der Waals surface area contributed by atoms with Crippen LogP contribution in [0.25, 0.3) is 0 Å². The van der Waals surface area contributed by atoms with Crippen molar-refractivity contribution in [1.29, 1.82) is 0 Å². The van der Waals surface area contributed by atoms with Gasteiger partial charge in [0, 0.05) is 16.4 Å². The lowest BCUT2D eigenvalue weighted by atomic mass is 9.93. The Morgan fingerprint density at radius 1 is 0.971 bits per heavy atom. The summed E-state index contributed by atoms with van der Waals surface area (Å²) in [6.45, 7) is 0.284. The molecule has 180 valence electrons. The van der Waals surface area contributed by atoms with E-state index in [9.17, 15) is 19.5 Å². The zero-order valence-corrected chi connectivity index (χ0v) is 21.1. The second kappa shape index (κ2) is 11.4. The minimum atomic E-state index is -1.13. The van der Waals surface area contributed by atoms with E-state index in [-0.39, 0.29) is 26.0 Å². The van der Waals surface area contributed by atoms with Crippen molar-refractivity contribution < 1.29 is 24.2 Å². The molecule has 1 aliphatic rings. The molecule has 2 amide bonds. The Morgan fingerprint density at radius 2 is 1.63 bits per heavy atom. The minimum Gasteiger partial charge on any atom is -0.480 e. The number of halogens is 1. The van der Waals surface area contributed by atoms with Crippen LogP contribution >= 0.6 is 22.6 Å². The van der Waals surface area contributed by atoms with Crippen molar-refractivity contribution in [2.45, 2.75) is 38.1 Å². The number of fused-ring (bicyclic) bond motifs is 1. The summed E-state index contributed by atoms with van der Waals surface area (Å²) in [5.74, 6) is -1.65. The van der Waals surface area contributed by atoms with Crippen LogP contribution in [0.15, 0.2) is 78.9 Å². The van der Waals surface area contributed by atoms with Gasteiger partial charge >= 0.3 is 12.1 Å². The van der Waals surface area contributed by atoms with E-state index in [4.69, 9.17) is 4.74 Å². The van der Waals surface area contributed by atoms with Gasteiger partial charge in [-0.25, -0.2) is 9.59 Å². The number of hydrogen-bond donors (Lipinski definition) is 2. The van der Waals surface area contributed by atoms with Gasteiger partial charge in [0.2, 0.25) is 5.91 Å². The molecule has 3 aromatic carbocycles. The maximum atomic E-state index is 13.4. The highest BCUT2D eigenvalue weighted by molar-refractivity contribution is 14.1. The molecule has 7 nitrogen and oxygen atoms in total. The van der Waals surface area contributed by atoms with Crippen LogP contribution in [-0.4, -0.2) is 40.1 Å². The first-order chi connectivity index (χ1) is 16.9. The largest absolute Gasteiger partial charge is 0.480 e. The van der Waals surface area contributed by atoms with Crippen molar-refractivity contribution in [2.24, 2.45) is 0 Å². The molecule has 2 N–H and O–H groups in total. The molecule has 2 atom stereocenters. The normalized spacial score (nSPS) is 15.6. The molecule has 0 radical (unpaired) electrons. The molecule has 1 aliphatic heterocycles. The van der Waals surface area contributed by atoms with Crippen LogP contribution in [0.4, 0.5) is 4.79 Å². The Hall–Kier alpha value is -3.40. The van der Waals surface area contributed by atoms with Crippen molar-refractivity contribution in [3.63, 3.8) is 0 Å². The van der Waals surface area contributed by atoms with Crippen LogP contribution in [0.3, 0.4) is 0 Å². The number of hydrogen-bond acceptors (Lipinski definition) is 4. The van der Waals surface area contributed by atoms with Gasteiger partial charge in [-0.2, -0.15) is 0 Å². The van der Waals surface area contributed by atoms with Gasteiger partial charge < -0.3 is 15.2 Å². The van der Waals surface area contributed by atoms with Crippen LogP contribution < -0.4 is 5.32 Å². The number of aliphatic carboxylic acids is 1. The standard InChI is InChI=1S/C27H25IN2O5/c28-22-13-7-6-11-20(22)14-23(26(32)33)29-25(31)24-15-19-10-4-5-12-21(19)16-30(24)27(34)35-17-18-8-2-1-3-9-18/h1-13,23-24H,14-17H2,(H,29,31)(H,32,33)/t23-,24-/m0/s1. The molecule has 0 spiro atoms. The third kappa shape index (κ3) is 6.19. The Bertz CT molecular complexity index is 1220. The molecule has 3 aromatic rings. The fourth-order valence-electron chi connectivity index (χ4n) is 4.10. The molecule has 0 aliphatic carbocycles. The Kier molecular flexibility index (Phi) is 8.02. The lowest BCUT2D eigenvalue weighted by Gasteiger charge is -2.35. The van der Waals surface area contributed by atoms with E-state index < -0.39 is 30.1 Å². The van der Waals surface area contributed by atoms with Crippen LogP contribution in [0.2, 0.25) is 0 Å². The number of rotatable bonds is 7. The highest BCUT2D eigenvalue weighted by atomic mass is 127. The second-order valence-electron chi connectivity index (χ2n) is 8.35. The molecule has 0 bridgehead atoms. The van der Waals surface area contributed by atoms with Gasteiger partial charge in [0.1, 0.15) is 18.7 Å². The number of benzene rings is 3. The molecule has 0 unspecified atom stereocenters. The molecular weight excluding hydrogens is 559 g/mol. The van der Waals surface area contributed by atoms with Gasteiger partial charge in [-0.1, -0.05) is 72.8 Å². The van der Waals surface area contributed by atoms with E-state index >= 15 is 0 Å². The van der Waals surface area contributed by atoms with Gasteiger partial charge in [-0.15, -0.1) is 0 Å². The first-order valence-electron chi connectivity index (χ1n) is 11.2. The molecule has 0 saturated heterocycles. The number of nitrogens with zero attached hydrogens (tertiary/aromatic N) is 1. The van der Waals surface area contributed by atoms with Gasteiger partial charge in [-0.05, 0) is 50.9 Å². The lowest BCUT2D eigenvalue weighted by molar-refractivity contribution is -0.142. The number of ether oxygens (including phenoxy) is 1. The van der Waals surface area contributed by atoms with Crippen molar-refractivity contribution in [3.05, 3.63) is 105 Å². The lowest BCUT2D eigenvalue weighted by Crippen LogP contribution is -2.56. The number of amides is 2. The number of nitrogens with one attached hydrogen (secondary N) is 1. The fraction of sp³-hybridized carbons (Fsp3) is 0.222. The Morgan fingerprint density at radius 3 is 2.34 bits per heavy atom. The van der Waals surface area contributed by atoms with Crippen molar-refractivity contribution in [1.82, 2.24) is 10.2 Å². The van der Waals surface area contributed by atoms with Gasteiger partial charge in [-0.3, -0.25) is 9.69 Å². The third-order valence-corrected chi connectivity index (χ3v) is 7.04. The van der Waals surface area contributed by atoms with Crippen LogP contribution in [0.1, 0.15) is 22.3 Å². The van der Waals surface area contributed by atoms with E-state index in [0.717, 1.165) is 25.8 Å². The zero-order valence-electron chi connectivity index (χ0n) is 18.9. The number of carboxylic acid groups (broad SMARTS) is 1.